The molecule has 1 aromatic carbocycles. The Morgan fingerprint density at radius 2 is 2.04 bits per heavy atom. The first-order valence-electron chi connectivity index (χ1n) is 7.65. The van der Waals surface area contributed by atoms with Crippen molar-refractivity contribution in [1.29, 1.82) is 0 Å². The van der Waals surface area contributed by atoms with Gasteiger partial charge < -0.3 is 5.32 Å². The van der Waals surface area contributed by atoms with Crippen molar-refractivity contribution in [1.82, 2.24) is 9.78 Å². The third-order valence-corrected chi connectivity index (χ3v) is 4.50. The molecule has 1 aromatic heterocycles. The minimum absolute atomic E-state index is 0.101. The fourth-order valence-corrected chi connectivity index (χ4v) is 3.15. The van der Waals surface area contributed by atoms with Crippen LogP contribution in [0.2, 0.25) is 10.0 Å². The maximum Gasteiger partial charge on any atom is 0.436 e. The van der Waals surface area contributed by atoms with Crippen LogP contribution in [0.25, 0.3) is 0 Å². The van der Waals surface area contributed by atoms with E-state index in [4.69, 9.17) is 23.2 Å². The first-order valence-corrected chi connectivity index (χ1v) is 8.40. The molecule has 0 spiro atoms. The number of carbonyl (C=O) groups is 1. The molecule has 1 N–H and O–H groups in total. The van der Waals surface area contributed by atoms with Gasteiger partial charge in [0.2, 0.25) is 5.91 Å². The fourth-order valence-electron chi connectivity index (χ4n) is 2.59. The number of anilines is 1. The predicted octanol–water partition coefficient (Wildman–Crippen LogP) is 4.63. The molecule has 3 rings (SSSR count). The molecule has 144 valence electrons. The minimum atomic E-state index is -4.75. The Morgan fingerprint density at radius 1 is 1.37 bits per heavy atom. The van der Waals surface area contributed by atoms with Gasteiger partial charge in [-0.2, -0.15) is 18.3 Å². The number of hydrogen-bond acceptors (Lipinski definition) is 4. The number of amides is 1. The highest BCUT2D eigenvalue weighted by atomic mass is 35.5. The van der Waals surface area contributed by atoms with Crippen LogP contribution in [0.1, 0.15) is 30.1 Å². The molecular weight excluding hydrogens is 412 g/mol. The largest absolute Gasteiger partial charge is 0.436 e. The van der Waals surface area contributed by atoms with Crippen LogP contribution in [-0.2, 0) is 17.5 Å². The molecule has 1 heterocycles. The highest BCUT2D eigenvalue weighted by Crippen LogP contribution is 2.46. The number of alkyl halides is 3. The summed E-state index contributed by atoms with van der Waals surface area (Å²) in [7, 11) is 0. The average molecular weight is 423 g/mol. The predicted molar refractivity (Wildman–Crippen MR) is 91.0 cm³/mol. The van der Waals surface area contributed by atoms with Crippen LogP contribution < -0.4 is 5.32 Å². The minimum Gasteiger partial charge on any atom is -0.319 e. The number of aromatic nitrogens is 2. The fraction of sp³-hybridized carbons (Fsp3) is 0.333. The second-order valence-electron chi connectivity index (χ2n) is 5.94. The second kappa shape index (κ2) is 7.01. The lowest BCUT2D eigenvalue weighted by molar-refractivity contribution is -0.383. The Labute approximate surface area is 160 Å². The molecule has 0 radical (unpaired) electrons. The lowest BCUT2D eigenvalue weighted by Gasteiger charge is -2.09. The van der Waals surface area contributed by atoms with Gasteiger partial charge >= 0.3 is 6.18 Å². The second-order valence-corrected chi connectivity index (χ2v) is 6.76. The molecule has 0 saturated heterocycles. The third kappa shape index (κ3) is 4.16. The summed E-state index contributed by atoms with van der Waals surface area (Å²) in [4.78, 5) is 22.6. The summed E-state index contributed by atoms with van der Waals surface area (Å²) in [5.74, 6) is -0.978. The molecule has 1 amide bonds. The van der Waals surface area contributed by atoms with Crippen LogP contribution in [0.5, 0.6) is 0 Å². The summed E-state index contributed by atoms with van der Waals surface area (Å²) in [5, 5.41) is 16.4. The maximum absolute atomic E-state index is 13.0. The Kier molecular flexibility index (Phi) is 5.04. The summed E-state index contributed by atoms with van der Waals surface area (Å²) in [6.45, 7) is -0.568. The van der Waals surface area contributed by atoms with E-state index in [2.05, 4.69) is 10.4 Å². The Hall–Kier alpha value is -2.33. The van der Waals surface area contributed by atoms with Crippen molar-refractivity contribution in [3.8, 4) is 0 Å². The molecule has 12 heteroatoms. The molecular formula is C15H11Cl2F3N4O3. The van der Waals surface area contributed by atoms with Crippen LogP contribution in [0.15, 0.2) is 18.2 Å². The van der Waals surface area contributed by atoms with Gasteiger partial charge in [0.15, 0.2) is 5.69 Å². The zero-order valence-corrected chi connectivity index (χ0v) is 14.9. The number of nitrogens with one attached hydrogen (secondary N) is 1. The topological polar surface area (TPSA) is 90.1 Å². The molecule has 1 aliphatic carbocycles. The number of carbonyl (C=O) groups excluding carboxylic acids is 1. The SMILES string of the molecule is O=C(Cn1nc(C(F)(F)F)c(Cl)c1C1CC1)Nc1ccc(Cl)cc1[N+](=O)[O-]. The van der Waals surface area contributed by atoms with Gasteiger partial charge in [-0.1, -0.05) is 23.2 Å². The van der Waals surface area contributed by atoms with Crippen LogP contribution in [0.4, 0.5) is 24.5 Å². The zero-order chi connectivity index (χ0) is 19.9. The number of nitrogens with zero attached hydrogens (tertiary/aromatic N) is 3. The number of rotatable bonds is 5. The van der Waals surface area contributed by atoms with Gasteiger partial charge in [-0.3, -0.25) is 19.6 Å². The molecule has 2 aromatic rings. The molecule has 1 fully saturated rings. The standard InChI is InChI=1S/C15H11Cl2F3N4O3/c16-8-3-4-9(10(5-8)24(26)27)21-11(25)6-23-13(7-1-2-7)12(17)14(22-23)15(18,19)20/h3-5,7H,1-2,6H2,(H,21,25). The summed E-state index contributed by atoms with van der Waals surface area (Å²) < 4.78 is 40.0. The molecule has 7 nitrogen and oxygen atoms in total. The van der Waals surface area contributed by atoms with Crippen molar-refractivity contribution in [2.45, 2.75) is 31.5 Å². The Bertz CT molecular complexity index is 926. The molecule has 0 aliphatic heterocycles. The number of halogens is 5. The molecule has 0 atom stereocenters. The molecule has 0 unspecified atom stereocenters. The van der Waals surface area contributed by atoms with E-state index >= 15 is 0 Å². The van der Waals surface area contributed by atoms with Gasteiger partial charge in [0.1, 0.15) is 12.2 Å². The highest BCUT2D eigenvalue weighted by molar-refractivity contribution is 6.32. The van der Waals surface area contributed by atoms with E-state index in [0.29, 0.717) is 12.8 Å². The van der Waals surface area contributed by atoms with Crippen LogP contribution >= 0.6 is 23.2 Å². The molecule has 1 aliphatic rings. The number of nitro groups is 1. The van der Waals surface area contributed by atoms with Crippen molar-refractivity contribution in [3.05, 3.63) is 49.7 Å². The van der Waals surface area contributed by atoms with E-state index in [1.165, 1.54) is 12.1 Å². The van der Waals surface area contributed by atoms with Crippen molar-refractivity contribution >= 4 is 40.5 Å². The van der Waals surface area contributed by atoms with E-state index in [1.807, 2.05) is 0 Å². The number of hydrogen-bond donors (Lipinski definition) is 1. The Balaban J connectivity index is 1.86. The van der Waals surface area contributed by atoms with Crippen molar-refractivity contribution in [3.63, 3.8) is 0 Å². The lowest BCUT2D eigenvalue weighted by atomic mass is 10.2. The quantitative estimate of drug-likeness (QED) is 0.561. The van der Waals surface area contributed by atoms with Crippen molar-refractivity contribution in [2.75, 3.05) is 5.32 Å². The van der Waals surface area contributed by atoms with Crippen LogP contribution in [0, 0.1) is 10.1 Å². The summed E-state index contributed by atoms with van der Waals surface area (Å²) in [6.07, 6.45) is -3.46. The van der Waals surface area contributed by atoms with E-state index in [9.17, 15) is 28.1 Å². The summed E-state index contributed by atoms with van der Waals surface area (Å²) in [6, 6.07) is 3.63. The number of benzene rings is 1. The first kappa shape index (κ1) is 19.4. The van der Waals surface area contributed by atoms with E-state index in [1.54, 1.807) is 0 Å². The van der Waals surface area contributed by atoms with Gasteiger partial charge in [-0.25, -0.2) is 0 Å². The maximum atomic E-state index is 13.0. The first-order chi connectivity index (χ1) is 12.6. The Morgan fingerprint density at radius 3 is 2.59 bits per heavy atom. The van der Waals surface area contributed by atoms with Gasteiger partial charge in [0.25, 0.3) is 5.69 Å². The summed E-state index contributed by atoms with van der Waals surface area (Å²) in [5.41, 5.74) is -1.68. The smallest absolute Gasteiger partial charge is 0.319 e. The van der Waals surface area contributed by atoms with E-state index in [-0.39, 0.29) is 22.3 Å². The summed E-state index contributed by atoms with van der Waals surface area (Å²) >= 11 is 11.5. The van der Waals surface area contributed by atoms with Gasteiger partial charge in [0.05, 0.1) is 15.6 Å². The molecule has 27 heavy (non-hydrogen) atoms. The van der Waals surface area contributed by atoms with Crippen LogP contribution in [0.3, 0.4) is 0 Å². The molecule has 1 saturated carbocycles. The highest BCUT2D eigenvalue weighted by Gasteiger charge is 2.42. The van der Waals surface area contributed by atoms with Gasteiger partial charge in [0, 0.05) is 17.0 Å². The normalized spacial score (nSPS) is 14.3. The van der Waals surface area contributed by atoms with Crippen molar-refractivity contribution in [2.24, 2.45) is 0 Å². The third-order valence-electron chi connectivity index (χ3n) is 3.89. The monoisotopic (exact) mass is 422 g/mol. The molecule has 0 bridgehead atoms. The van der Waals surface area contributed by atoms with Crippen molar-refractivity contribution < 1.29 is 22.9 Å². The number of nitro benzene ring substituents is 1. The lowest BCUT2D eigenvalue weighted by Crippen LogP contribution is -2.21. The van der Waals surface area contributed by atoms with E-state index < -0.39 is 40.0 Å². The van der Waals surface area contributed by atoms with Gasteiger partial charge in [-0.05, 0) is 25.0 Å². The van der Waals surface area contributed by atoms with E-state index in [0.717, 1.165) is 10.7 Å². The van der Waals surface area contributed by atoms with Gasteiger partial charge in [-0.15, -0.1) is 0 Å². The average Bonchev–Trinajstić information content (AvgIpc) is 3.32. The van der Waals surface area contributed by atoms with Crippen LogP contribution in [-0.4, -0.2) is 20.6 Å². The zero-order valence-electron chi connectivity index (χ0n) is 13.4.